The summed E-state index contributed by atoms with van der Waals surface area (Å²) in [7, 11) is 0. The van der Waals surface area contributed by atoms with Crippen LogP contribution in [-0.2, 0) is 17.6 Å². The highest BCUT2D eigenvalue weighted by Gasteiger charge is 2.05. The number of para-hydroxylation sites is 1. The fourth-order valence-corrected chi connectivity index (χ4v) is 2.77. The van der Waals surface area contributed by atoms with Crippen LogP contribution < -0.4 is 5.32 Å². The molecule has 2 aromatic carbocycles. The number of hydrogen-bond donors (Lipinski definition) is 2. The Hall–Kier alpha value is -3.06. The number of hydrogen-bond acceptors (Lipinski definition) is 2. The summed E-state index contributed by atoms with van der Waals surface area (Å²) in [5, 5.41) is 13.0. The lowest BCUT2D eigenvalue weighted by Gasteiger charge is -2.05. The molecule has 3 aromatic rings. The number of fused-ring (bicyclic) bond motifs is 1. The largest absolute Gasteiger partial charge is 0.361 e. The van der Waals surface area contributed by atoms with E-state index in [0.717, 1.165) is 17.5 Å². The highest BCUT2D eigenvalue weighted by atomic mass is 16.1. The molecule has 0 radical (unpaired) electrons. The summed E-state index contributed by atoms with van der Waals surface area (Å²) in [6.45, 7) is 0.633. The maximum Gasteiger partial charge on any atom is 0.220 e. The summed E-state index contributed by atoms with van der Waals surface area (Å²) >= 11 is 0. The average Bonchev–Trinajstić information content (AvgIpc) is 3.04. The van der Waals surface area contributed by atoms with Crippen LogP contribution in [0.5, 0.6) is 0 Å². The molecule has 4 heteroatoms. The van der Waals surface area contributed by atoms with Crippen molar-refractivity contribution in [1.29, 1.82) is 5.26 Å². The Morgan fingerprint density at radius 2 is 1.88 bits per heavy atom. The van der Waals surface area contributed by atoms with Crippen molar-refractivity contribution in [3.8, 4) is 6.07 Å². The van der Waals surface area contributed by atoms with Gasteiger partial charge in [0.1, 0.15) is 0 Å². The van der Waals surface area contributed by atoms with Gasteiger partial charge in [0.2, 0.25) is 5.91 Å². The predicted molar refractivity (Wildman–Crippen MR) is 94.5 cm³/mol. The number of amides is 1. The summed E-state index contributed by atoms with van der Waals surface area (Å²) in [6.07, 6.45) is 3.96. The Kier molecular flexibility index (Phi) is 4.93. The molecule has 2 N–H and O–H groups in total. The SMILES string of the molecule is N#Cc1ccc(CCC(=O)NCCc2c[nH]c3ccccc23)cc1. The zero-order valence-electron chi connectivity index (χ0n) is 13.4. The number of nitrogens with zero attached hydrogens (tertiary/aromatic N) is 1. The van der Waals surface area contributed by atoms with Crippen LogP contribution in [0, 0.1) is 11.3 Å². The van der Waals surface area contributed by atoms with Gasteiger partial charge in [-0.2, -0.15) is 5.26 Å². The Bertz CT molecular complexity index is 872. The van der Waals surface area contributed by atoms with Crippen molar-refractivity contribution >= 4 is 16.8 Å². The zero-order valence-corrected chi connectivity index (χ0v) is 13.4. The first-order valence-corrected chi connectivity index (χ1v) is 8.07. The number of nitriles is 1. The molecule has 0 unspecified atom stereocenters. The van der Waals surface area contributed by atoms with Crippen molar-refractivity contribution in [2.24, 2.45) is 0 Å². The van der Waals surface area contributed by atoms with Crippen molar-refractivity contribution in [2.75, 3.05) is 6.54 Å². The minimum Gasteiger partial charge on any atom is -0.361 e. The first-order valence-electron chi connectivity index (χ1n) is 8.07. The summed E-state index contributed by atoms with van der Waals surface area (Å²) in [4.78, 5) is 15.2. The van der Waals surface area contributed by atoms with Gasteiger partial charge in [-0.25, -0.2) is 0 Å². The molecule has 0 bridgehead atoms. The monoisotopic (exact) mass is 317 g/mol. The molecule has 0 spiro atoms. The lowest BCUT2D eigenvalue weighted by molar-refractivity contribution is -0.121. The number of H-pyrrole nitrogens is 1. The molecule has 1 amide bonds. The van der Waals surface area contributed by atoms with Crippen LogP contribution in [0.15, 0.2) is 54.7 Å². The Labute approximate surface area is 141 Å². The molecule has 0 saturated heterocycles. The van der Waals surface area contributed by atoms with Crippen molar-refractivity contribution in [1.82, 2.24) is 10.3 Å². The van der Waals surface area contributed by atoms with Crippen LogP contribution in [0.3, 0.4) is 0 Å². The molecule has 24 heavy (non-hydrogen) atoms. The number of benzene rings is 2. The maximum absolute atomic E-state index is 12.0. The normalized spacial score (nSPS) is 10.5. The molecule has 3 rings (SSSR count). The van der Waals surface area contributed by atoms with Crippen LogP contribution in [0.4, 0.5) is 0 Å². The van der Waals surface area contributed by atoms with Gasteiger partial charge in [0, 0.05) is 30.1 Å². The van der Waals surface area contributed by atoms with Gasteiger partial charge in [0.05, 0.1) is 11.6 Å². The quantitative estimate of drug-likeness (QED) is 0.732. The summed E-state index contributed by atoms with van der Waals surface area (Å²) in [5.74, 6) is 0.0548. The standard InChI is InChI=1S/C20H19N3O/c21-13-16-7-5-15(6-8-16)9-10-20(24)22-12-11-17-14-23-19-4-2-1-3-18(17)19/h1-8,14,23H,9-12H2,(H,22,24). The van der Waals surface area contributed by atoms with Crippen molar-refractivity contribution in [3.63, 3.8) is 0 Å². The lowest BCUT2D eigenvalue weighted by atomic mass is 10.1. The highest BCUT2D eigenvalue weighted by molar-refractivity contribution is 5.83. The third-order valence-electron chi connectivity index (χ3n) is 4.12. The number of aryl methyl sites for hydroxylation is 1. The van der Waals surface area contributed by atoms with E-state index in [4.69, 9.17) is 5.26 Å². The van der Waals surface area contributed by atoms with Gasteiger partial charge in [-0.1, -0.05) is 30.3 Å². The van der Waals surface area contributed by atoms with Crippen LogP contribution in [0.25, 0.3) is 10.9 Å². The van der Waals surface area contributed by atoms with Gasteiger partial charge in [0.15, 0.2) is 0 Å². The molecular formula is C20H19N3O. The van der Waals surface area contributed by atoms with E-state index in [0.29, 0.717) is 24.9 Å². The van der Waals surface area contributed by atoms with Crippen molar-refractivity contribution in [2.45, 2.75) is 19.3 Å². The predicted octanol–water partition coefficient (Wildman–Crippen LogP) is 3.33. The van der Waals surface area contributed by atoms with Gasteiger partial charge in [0.25, 0.3) is 0 Å². The zero-order chi connectivity index (χ0) is 16.8. The second-order valence-corrected chi connectivity index (χ2v) is 5.77. The first-order chi connectivity index (χ1) is 11.8. The minimum absolute atomic E-state index is 0.0548. The van der Waals surface area contributed by atoms with E-state index >= 15 is 0 Å². The fraction of sp³-hybridized carbons (Fsp3) is 0.200. The van der Waals surface area contributed by atoms with Gasteiger partial charge < -0.3 is 10.3 Å². The second kappa shape index (κ2) is 7.47. The topological polar surface area (TPSA) is 68.7 Å². The van der Waals surface area contributed by atoms with Gasteiger partial charge in [-0.3, -0.25) is 4.79 Å². The number of carbonyl (C=O) groups is 1. The van der Waals surface area contributed by atoms with E-state index in [9.17, 15) is 4.79 Å². The molecular weight excluding hydrogens is 298 g/mol. The van der Waals surface area contributed by atoms with E-state index in [1.54, 1.807) is 12.1 Å². The van der Waals surface area contributed by atoms with E-state index < -0.39 is 0 Å². The smallest absolute Gasteiger partial charge is 0.220 e. The van der Waals surface area contributed by atoms with Crippen molar-refractivity contribution in [3.05, 3.63) is 71.4 Å². The molecule has 4 nitrogen and oxygen atoms in total. The Balaban J connectivity index is 1.45. The van der Waals surface area contributed by atoms with Gasteiger partial charge in [-0.15, -0.1) is 0 Å². The lowest BCUT2D eigenvalue weighted by Crippen LogP contribution is -2.25. The van der Waals surface area contributed by atoms with Crippen LogP contribution in [0.2, 0.25) is 0 Å². The Morgan fingerprint density at radius 1 is 1.08 bits per heavy atom. The molecule has 1 heterocycles. The van der Waals surface area contributed by atoms with E-state index in [1.165, 1.54) is 10.9 Å². The summed E-state index contributed by atoms with van der Waals surface area (Å²) < 4.78 is 0. The molecule has 0 saturated carbocycles. The maximum atomic E-state index is 12.0. The molecule has 0 aliphatic carbocycles. The van der Waals surface area contributed by atoms with E-state index in [-0.39, 0.29) is 5.91 Å². The molecule has 0 aliphatic rings. The summed E-state index contributed by atoms with van der Waals surface area (Å²) in [6, 6.07) is 17.6. The van der Waals surface area contributed by atoms with Crippen LogP contribution in [0.1, 0.15) is 23.1 Å². The van der Waals surface area contributed by atoms with E-state index in [2.05, 4.69) is 28.5 Å². The molecule has 0 aliphatic heterocycles. The van der Waals surface area contributed by atoms with Gasteiger partial charge >= 0.3 is 0 Å². The molecule has 120 valence electrons. The molecule has 0 fully saturated rings. The third-order valence-corrected chi connectivity index (χ3v) is 4.12. The van der Waals surface area contributed by atoms with Crippen LogP contribution >= 0.6 is 0 Å². The second-order valence-electron chi connectivity index (χ2n) is 5.77. The number of aromatic nitrogens is 1. The van der Waals surface area contributed by atoms with Crippen LogP contribution in [-0.4, -0.2) is 17.4 Å². The molecule has 0 atom stereocenters. The first kappa shape index (κ1) is 15.8. The van der Waals surface area contributed by atoms with E-state index in [1.807, 2.05) is 30.5 Å². The average molecular weight is 317 g/mol. The number of aromatic amines is 1. The fourth-order valence-electron chi connectivity index (χ4n) is 2.77. The number of nitrogens with one attached hydrogen (secondary N) is 2. The Morgan fingerprint density at radius 3 is 2.67 bits per heavy atom. The number of rotatable bonds is 6. The summed E-state index contributed by atoms with van der Waals surface area (Å²) in [5.41, 5.74) is 4.06. The number of carbonyl (C=O) groups excluding carboxylic acids is 1. The minimum atomic E-state index is 0.0548. The third kappa shape index (κ3) is 3.82. The highest BCUT2D eigenvalue weighted by Crippen LogP contribution is 2.17. The molecule has 1 aromatic heterocycles. The van der Waals surface area contributed by atoms with Gasteiger partial charge in [-0.05, 0) is 42.2 Å². The van der Waals surface area contributed by atoms with Crippen molar-refractivity contribution < 1.29 is 4.79 Å².